The van der Waals surface area contributed by atoms with E-state index in [1.165, 1.54) is 24.3 Å². The molecule has 0 fully saturated rings. The average molecular weight is 877 g/mol. The molecule has 16 heteroatoms. The van der Waals surface area contributed by atoms with Gasteiger partial charge >= 0.3 is 20.8 Å². The maximum Gasteiger partial charge on any atom is 0.471 e. The van der Waals surface area contributed by atoms with Gasteiger partial charge in [-0.3, -0.25) is 19.2 Å². The van der Waals surface area contributed by atoms with Crippen LogP contribution in [-0.4, -0.2) is 50.6 Å². The summed E-state index contributed by atoms with van der Waals surface area (Å²) in [5.41, 5.74) is 1.28. The van der Waals surface area contributed by atoms with E-state index in [0.29, 0.717) is 45.5 Å². The molecule has 2 aliphatic rings. The Balaban J connectivity index is 0.995. The number of hydrogen-bond donors (Lipinski definition) is 0. The van der Waals surface area contributed by atoms with Gasteiger partial charge in [-0.25, -0.2) is 0 Å². The van der Waals surface area contributed by atoms with Gasteiger partial charge in [0.25, 0.3) is 23.6 Å². The average Bonchev–Trinajstić information content (AvgIpc) is 3.25. The van der Waals surface area contributed by atoms with Gasteiger partial charge in [0, 0.05) is 34.7 Å². The van der Waals surface area contributed by atoms with Crippen molar-refractivity contribution in [3.8, 4) is 35.2 Å². The third-order valence-electron chi connectivity index (χ3n) is 10.0. The van der Waals surface area contributed by atoms with E-state index >= 15 is 0 Å². The molecule has 0 unspecified atom stereocenters. The van der Waals surface area contributed by atoms with E-state index in [9.17, 15) is 36.0 Å². The minimum Gasteiger partial charge on any atom is -0.360 e. The zero-order chi connectivity index (χ0) is 44.0. The molecule has 0 saturated carbocycles. The molecule has 14 nitrogen and oxygen atoms in total. The number of carbonyl (C=O) groups is 4. The van der Waals surface area contributed by atoms with Crippen molar-refractivity contribution in [1.82, 2.24) is 10.1 Å². The Labute approximate surface area is 359 Å². The summed E-state index contributed by atoms with van der Waals surface area (Å²) in [6.45, 7) is 4.25. The second-order valence-electron chi connectivity index (χ2n) is 14.4. The molecule has 0 radical (unpaired) electrons. The topological polar surface area (TPSA) is 180 Å². The molecule has 0 atom stereocenters. The van der Waals surface area contributed by atoms with Crippen LogP contribution in [0.3, 0.4) is 0 Å². The molecular weight excluding hydrogens is 837 g/mol. The van der Waals surface area contributed by atoms with Crippen molar-refractivity contribution in [2.24, 2.45) is 0 Å². The first kappa shape index (κ1) is 43.5. The zero-order valence-electron chi connectivity index (χ0n) is 33.8. The van der Waals surface area contributed by atoms with E-state index in [0.717, 1.165) is 75.6 Å². The van der Waals surface area contributed by atoms with E-state index < -0.39 is 55.9 Å². The molecule has 0 bridgehead atoms. The highest BCUT2D eigenvalue weighted by Gasteiger charge is 2.40. The number of amides is 4. The molecule has 2 heterocycles. The van der Waals surface area contributed by atoms with Crippen molar-refractivity contribution >= 4 is 66.0 Å². The van der Waals surface area contributed by atoms with E-state index in [4.69, 9.17) is 16.9 Å². The standard InChI is InChI=1S/C46H40N2O12S2/c1-3-5-7-9-11-13-17-31-23-29-39-41-35(31)19-15-21-37(41)43(49)47(45(39)51)59-61(53,54)57-33-25-27-34(28-26-33)58-62(55,56)60-48-44(50)38-22-16-20-36-32(18-14-12-10-8-6-4-2)24-30-40(42(36)38)46(48)52/h15-16,19-30H,3-12H2,1-2H3. The van der Waals surface area contributed by atoms with Crippen LogP contribution in [-0.2, 0) is 29.4 Å². The number of unbranched alkanes of at least 4 members (excludes halogenated alkanes) is 8. The summed E-state index contributed by atoms with van der Waals surface area (Å²) in [6, 6.07) is 19.5. The smallest absolute Gasteiger partial charge is 0.360 e. The second-order valence-corrected chi connectivity index (χ2v) is 16.7. The molecule has 5 aromatic rings. The molecule has 5 aromatic carbocycles. The van der Waals surface area contributed by atoms with Crippen molar-refractivity contribution in [1.29, 1.82) is 0 Å². The first-order valence-corrected chi connectivity index (χ1v) is 22.7. The van der Waals surface area contributed by atoms with Crippen LogP contribution in [0.25, 0.3) is 21.5 Å². The van der Waals surface area contributed by atoms with Gasteiger partial charge in [0.15, 0.2) is 0 Å². The van der Waals surface area contributed by atoms with Crippen molar-refractivity contribution < 1.29 is 52.9 Å². The van der Waals surface area contributed by atoms with Crippen LogP contribution < -0.4 is 8.37 Å². The number of hydrogen-bond acceptors (Lipinski definition) is 12. The van der Waals surface area contributed by atoms with Gasteiger partial charge in [-0.2, -0.15) is 16.8 Å². The van der Waals surface area contributed by atoms with E-state index in [-0.39, 0.29) is 32.4 Å². The lowest BCUT2D eigenvalue weighted by Gasteiger charge is -2.25. The first-order valence-electron chi connectivity index (χ1n) is 20.1. The minimum atomic E-state index is -5.14. The van der Waals surface area contributed by atoms with Gasteiger partial charge in [-0.15, -0.1) is 18.7 Å². The van der Waals surface area contributed by atoms with Crippen LogP contribution in [0.4, 0.5) is 0 Å². The van der Waals surface area contributed by atoms with Crippen LogP contribution in [0.2, 0.25) is 0 Å². The fourth-order valence-corrected chi connectivity index (χ4v) is 8.49. The Morgan fingerprint density at radius 2 is 0.839 bits per heavy atom. The Kier molecular flexibility index (Phi) is 13.1. The van der Waals surface area contributed by atoms with Crippen molar-refractivity contribution in [3.05, 3.63) is 118 Å². The largest absolute Gasteiger partial charge is 0.471 e. The molecule has 7 rings (SSSR count). The zero-order valence-corrected chi connectivity index (χ0v) is 35.4. The van der Waals surface area contributed by atoms with Crippen LogP contribution in [0.15, 0.2) is 84.9 Å². The summed E-state index contributed by atoms with van der Waals surface area (Å²) in [5.74, 6) is 7.45. The van der Waals surface area contributed by atoms with E-state index in [1.807, 2.05) is 0 Å². The maximum atomic E-state index is 13.5. The van der Waals surface area contributed by atoms with E-state index in [1.54, 1.807) is 36.4 Å². The summed E-state index contributed by atoms with van der Waals surface area (Å²) in [5, 5.41) is 1.89. The molecule has 0 spiro atoms. The molecular formula is C46H40N2O12S2. The van der Waals surface area contributed by atoms with Gasteiger partial charge in [0.05, 0.1) is 22.3 Å². The summed E-state index contributed by atoms with van der Waals surface area (Å²) in [7, 11) is -10.3. The summed E-state index contributed by atoms with van der Waals surface area (Å²) in [4.78, 5) is 53.8. The predicted octanol–water partition coefficient (Wildman–Crippen LogP) is 8.34. The van der Waals surface area contributed by atoms with Crippen LogP contribution >= 0.6 is 0 Å². The summed E-state index contributed by atoms with van der Waals surface area (Å²) < 4.78 is 71.7. The normalized spacial score (nSPS) is 13.5. The van der Waals surface area contributed by atoms with Gasteiger partial charge in [-0.05, 0) is 84.3 Å². The molecule has 0 saturated heterocycles. The fraction of sp³-hybridized carbons (Fsp3) is 0.261. The number of rotatable bonds is 16. The van der Waals surface area contributed by atoms with E-state index in [2.05, 4.69) is 37.5 Å². The minimum absolute atomic E-state index is 0.0147. The first-order chi connectivity index (χ1) is 29.8. The maximum absolute atomic E-state index is 13.5. The fourth-order valence-electron chi connectivity index (χ4n) is 7.10. The Morgan fingerprint density at radius 3 is 1.21 bits per heavy atom. The third-order valence-corrected chi connectivity index (χ3v) is 11.5. The number of hydroxylamine groups is 4. The highest BCUT2D eigenvalue weighted by Crippen LogP contribution is 2.35. The molecule has 318 valence electrons. The lowest BCUT2D eigenvalue weighted by molar-refractivity contribution is -0.0212. The van der Waals surface area contributed by atoms with Crippen LogP contribution in [0.5, 0.6) is 11.5 Å². The Morgan fingerprint density at radius 1 is 0.468 bits per heavy atom. The summed E-state index contributed by atoms with van der Waals surface area (Å²) in [6.07, 6.45) is 9.88. The summed E-state index contributed by atoms with van der Waals surface area (Å²) >= 11 is 0. The monoisotopic (exact) mass is 876 g/mol. The Bertz CT molecular complexity index is 2730. The molecule has 62 heavy (non-hydrogen) atoms. The van der Waals surface area contributed by atoms with Crippen molar-refractivity contribution in [3.63, 3.8) is 0 Å². The molecule has 0 aromatic heterocycles. The third kappa shape index (κ3) is 9.34. The highest BCUT2D eigenvalue weighted by molar-refractivity contribution is 7.82. The lowest BCUT2D eigenvalue weighted by atomic mass is 9.92. The van der Waals surface area contributed by atoms with Crippen molar-refractivity contribution in [2.45, 2.75) is 78.1 Å². The number of imide groups is 2. The lowest BCUT2D eigenvalue weighted by Crippen LogP contribution is -2.42. The van der Waals surface area contributed by atoms with Crippen LogP contribution in [0, 0.1) is 23.7 Å². The van der Waals surface area contributed by atoms with Crippen molar-refractivity contribution in [2.75, 3.05) is 0 Å². The predicted molar refractivity (Wildman–Crippen MR) is 228 cm³/mol. The van der Waals surface area contributed by atoms with Crippen LogP contribution in [0.1, 0.15) is 131 Å². The number of nitrogens with zero attached hydrogens (tertiary/aromatic N) is 2. The molecule has 4 amide bonds. The Hall–Kier alpha value is -6.56. The molecule has 0 aliphatic carbocycles. The van der Waals surface area contributed by atoms with Gasteiger partial charge in [0.1, 0.15) is 11.5 Å². The number of benzene rings is 5. The van der Waals surface area contributed by atoms with Gasteiger partial charge in [0.2, 0.25) is 0 Å². The number of carbonyl (C=O) groups excluding carboxylic acids is 4. The second kappa shape index (κ2) is 18.6. The molecule has 2 aliphatic heterocycles. The highest BCUT2D eigenvalue weighted by atomic mass is 32.3. The van der Waals surface area contributed by atoms with Gasteiger partial charge < -0.3 is 8.37 Å². The van der Waals surface area contributed by atoms with Gasteiger partial charge in [-0.1, -0.05) is 100 Å². The quantitative estimate of drug-likeness (QED) is 0.0526. The molecule has 0 N–H and O–H groups in total. The SMILES string of the molecule is CCCCCCC#Cc1ccc2c3c(cccc13)C(=O)N(OS(=O)(=O)Oc1ccc(OS(=O)(=O)ON3C(=O)c4cccc5c(C#CCCCCCC)ccc(c45)C3=O)cc1)C2=O.